The molecule has 0 bridgehead atoms. The van der Waals surface area contributed by atoms with Gasteiger partial charge in [-0.05, 0) is 36.8 Å². The second-order valence-electron chi connectivity index (χ2n) is 3.94. The lowest BCUT2D eigenvalue weighted by atomic mass is 9.98. The summed E-state index contributed by atoms with van der Waals surface area (Å²) in [4.78, 5) is 11.4. The van der Waals surface area contributed by atoms with Crippen molar-refractivity contribution in [2.24, 2.45) is 0 Å². The number of aryl methyl sites for hydroxylation is 1. The van der Waals surface area contributed by atoms with Gasteiger partial charge >= 0.3 is 5.97 Å². The van der Waals surface area contributed by atoms with E-state index in [0.29, 0.717) is 18.9 Å². The predicted octanol–water partition coefficient (Wildman–Crippen LogP) is 3.70. The molecule has 0 aromatic heterocycles. The third-order valence-corrected chi connectivity index (χ3v) is 2.98. The number of hydrogen-bond acceptors (Lipinski definition) is 2. The number of rotatable bonds is 3. The van der Waals surface area contributed by atoms with Gasteiger partial charge < -0.3 is 4.74 Å². The van der Waals surface area contributed by atoms with Crippen molar-refractivity contribution in [1.29, 1.82) is 0 Å². The molecule has 0 saturated carbocycles. The molecule has 0 fully saturated rings. The summed E-state index contributed by atoms with van der Waals surface area (Å²) < 4.78 is 4.98. The lowest BCUT2D eigenvalue weighted by molar-refractivity contribution is -0.143. The van der Waals surface area contributed by atoms with Gasteiger partial charge in [0.25, 0.3) is 0 Å². The maximum atomic E-state index is 11.4. The van der Waals surface area contributed by atoms with Crippen LogP contribution in [-0.4, -0.2) is 12.6 Å². The molecule has 1 unspecified atom stereocenters. The summed E-state index contributed by atoms with van der Waals surface area (Å²) in [6.45, 7) is 6.33. The van der Waals surface area contributed by atoms with E-state index >= 15 is 0 Å². The minimum absolute atomic E-state index is 0.0702. The lowest BCUT2D eigenvalue weighted by Gasteiger charge is -2.10. The quantitative estimate of drug-likeness (QED) is 0.745. The smallest absolute Gasteiger partial charge is 0.306 e. The van der Waals surface area contributed by atoms with E-state index in [0.717, 1.165) is 12.8 Å². The average Bonchev–Trinajstić information content (AvgIpc) is 2.76. The molecule has 0 heterocycles. The van der Waals surface area contributed by atoms with Crippen LogP contribution in [0.25, 0.3) is 0 Å². The zero-order valence-electron chi connectivity index (χ0n) is 11.0. The Kier molecular flexibility index (Phi) is 5.75. The van der Waals surface area contributed by atoms with Crippen molar-refractivity contribution in [3.8, 4) is 0 Å². The van der Waals surface area contributed by atoms with Crippen LogP contribution in [0.5, 0.6) is 0 Å². The Hall–Kier alpha value is -1.31. The molecule has 0 aliphatic heterocycles. The summed E-state index contributed by atoms with van der Waals surface area (Å²) in [5.74, 6) is 0.305. The van der Waals surface area contributed by atoms with Crippen LogP contribution in [0.3, 0.4) is 0 Å². The van der Waals surface area contributed by atoms with E-state index < -0.39 is 0 Å². The zero-order valence-corrected chi connectivity index (χ0v) is 11.0. The van der Waals surface area contributed by atoms with Gasteiger partial charge in [0.15, 0.2) is 0 Å². The maximum Gasteiger partial charge on any atom is 0.306 e. The highest BCUT2D eigenvalue weighted by Gasteiger charge is 2.24. The number of benzene rings is 1. The Balaban J connectivity index is 0.000000686. The molecule has 94 valence electrons. The number of fused-ring (bicyclic) bond motifs is 1. The van der Waals surface area contributed by atoms with Crippen LogP contribution >= 0.6 is 0 Å². The average molecular weight is 234 g/mol. The second kappa shape index (κ2) is 7.10. The van der Waals surface area contributed by atoms with Crippen LogP contribution in [-0.2, 0) is 16.0 Å². The van der Waals surface area contributed by atoms with Crippen molar-refractivity contribution < 1.29 is 9.53 Å². The first kappa shape index (κ1) is 13.8. The van der Waals surface area contributed by atoms with Crippen molar-refractivity contribution in [2.75, 3.05) is 6.61 Å². The van der Waals surface area contributed by atoms with Crippen molar-refractivity contribution in [3.63, 3.8) is 0 Å². The van der Waals surface area contributed by atoms with Gasteiger partial charge in [0.2, 0.25) is 0 Å². The second-order valence-corrected chi connectivity index (χ2v) is 3.94. The molecule has 1 aromatic carbocycles. The van der Waals surface area contributed by atoms with E-state index in [9.17, 15) is 4.79 Å². The number of carbonyl (C=O) groups excluding carboxylic acids is 1. The van der Waals surface area contributed by atoms with E-state index in [1.807, 2.05) is 26.8 Å². The highest BCUT2D eigenvalue weighted by Crippen LogP contribution is 2.35. The minimum atomic E-state index is -0.0702. The van der Waals surface area contributed by atoms with E-state index in [4.69, 9.17) is 4.74 Å². The number of carbonyl (C=O) groups is 1. The molecular weight excluding hydrogens is 212 g/mol. The Morgan fingerprint density at radius 1 is 1.35 bits per heavy atom. The van der Waals surface area contributed by atoms with Gasteiger partial charge in [-0.3, -0.25) is 4.79 Å². The molecule has 2 rings (SSSR count). The van der Waals surface area contributed by atoms with Crippen molar-refractivity contribution >= 4 is 5.97 Å². The van der Waals surface area contributed by atoms with Gasteiger partial charge in [0.1, 0.15) is 0 Å². The molecule has 1 aliphatic rings. The summed E-state index contributed by atoms with van der Waals surface area (Å²) in [6.07, 6.45) is 2.71. The molecule has 0 amide bonds. The Labute approximate surface area is 104 Å². The van der Waals surface area contributed by atoms with Crippen molar-refractivity contribution in [3.05, 3.63) is 35.4 Å². The number of ether oxygens (including phenoxy) is 1. The topological polar surface area (TPSA) is 26.3 Å². The minimum Gasteiger partial charge on any atom is -0.466 e. The summed E-state index contributed by atoms with van der Waals surface area (Å²) in [5.41, 5.74) is 2.73. The molecule has 1 atom stereocenters. The zero-order chi connectivity index (χ0) is 12.7. The molecule has 17 heavy (non-hydrogen) atoms. The van der Waals surface area contributed by atoms with Crippen LogP contribution < -0.4 is 0 Å². The highest BCUT2D eigenvalue weighted by atomic mass is 16.5. The Morgan fingerprint density at radius 2 is 2.06 bits per heavy atom. The standard InChI is InChI=1S/C13H16O2.C2H6/c1-2-15-13(14)9-11-8-7-10-5-3-4-6-12(10)11;1-2/h3-6,11H,2,7-9H2,1H3;1-2H3. The van der Waals surface area contributed by atoms with E-state index in [1.54, 1.807) is 0 Å². The van der Waals surface area contributed by atoms with Gasteiger partial charge in [0, 0.05) is 0 Å². The Bertz CT molecular complexity index is 358. The Morgan fingerprint density at radius 3 is 2.76 bits per heavy atom. The van der Waals surface area contributed by atoms with Crippen LogP contribution in [0, 0.1) is 0 Å². The third-order valence-electron chi connectivity index (χ3n) is 2.98. The molecule has 2 nitrogen and oxygen atoms in total. The fourth-order valence-corrected chi connectivity index (χ4v) is 2.28. The normalized spacial score (nSPS) is 16.8. The maximum absolute atomic E-state index is 11.4. The van der Waals surface area contributed by atoms with E-state index in [2.05, 4.69) is 18.2 Å². The first-order valence-electron chi connectivity index (χ1n) is 6.54. The SMILES string of the molecule is CC.CCOC(=O)CC1CCc2ccccc21. The third kappa shape index (κ3) is 3.58. The van der Waals surface area contributed by atoms with Crippen LogP contribution in [0.4, 0.5) is 0 Å². The summed E-state index contributed by atoms with van der Waals surface area (Å²) in [7, 11) is 0. The van der Waals surface area contributed by atoms with Gasteiger partial charge in [-0.1, -0.05) is 38.1 Å². The van der Waals surface area contributed by atoms with Gasteiger partial charge in [-0.2, -0.15) is 0 Å². The van der Waals surface area contributed by atoms with E-state index in [1.165, 1.54) is 11.1 Å². The molecule has 0 spiro atoms. The van der Waals surface area contributed by atoms with Crippen molar-refractivity contribution in [2.45, 2.75) is 46.0 Å². The van der Waals surface area contributed by atoms with E-state index in [-0.39, 0.29) is 5.97 Å². The lowest BCUT2D eigenvalue weighted by Crippen LogP contribution is -2.08. The molecule has 0 radical (unpaired) electrons. The van der Waals surface area contributed by atoms with Gasteiger partial charge in [0.05, 0.1) is 13.0 Å². The molecule has 1 aromatic rings. The molecule has 2 heteroatoms. The highest BCUT2D eigenvalue weighted by molar-refractivity contribution is 5.70. The first-order valence-corrected chi connectivity index (χ1v) is 6.54. The number of esters is 1. The summed E-state index contributed by atoms with van der Waals surface area (Å²) >= 11 is 0. The predicted molar refractivity (Wildman–Crippen MR) is 70.1 cm³/mol. The van der Waals surface area contributed by atoms with Crippen LogP contribution in [0.2, 0.25) is 0 Å². The fraction of sp³-hybridized carbons (Fsp3) is 0.533. The number of hydrogen-bond donors (Lipinski definition) is 0. The molecule has 0 N–H and O–H groups in total. The fourth-order valence-electron chi connectivity index (χ4n) is 2.28. The molecule has 1 aliphatic carbocycles. The van der Waals surface area contributed by atoms with Crippen LogP contribution in [0.1, 0.15) is 50.7 Å². The van der Waals surface area contributed by atoms with Crippen molar-refractivity contribution in [1.82, 2.24) is 0 Å². The molecular formula is C15H22O2. The van der Waals surface area contributed by atoms with Gasteiger partial charge in [-0.25, -0.2) is 0 Å². The summed E-state index contributed by atoms with van der Waals surface area (Å²) in [5, 5.41) is 0. The largest absolute Gasteiger partial charge is 0.466 e. The monoisotopic (exact) mass is 234 g/mol. The summed E-state index contributed by atoms with van der Waals surface area (Å²) in [6, 6.07) is 8.39. The first-order chi connectivity index (χ1) is 8.31. The molecule has 0 saturated heterocycles. The van der Waals surface area contributed by atoms with Crippen LogP contribution in [0.15, 0.2) is 24.3 Å². The van der Waals surface area contributed by atoms with Gasteiger partial charge in [-0.15, -0.1) is 0 Å².